The summed E-state index contributed by atoms with van der Waals surface area (Å²) in [5.41, 5.74) is 3.19. The summed E-state index contributed by atoms with van der Waals surface area (Å²) in [6.45, 7) is 5.21. The Labute approximate surface area is 189 Å². The summed E-state index contributed by atoms with van der Waals surface area (Å²) in [5.74, 6) is 0.0831. The van der Waals surface area contributed by atoms with Crippen molar-refractivity contribution in [3.63, 3.8) is 0 Å². The summed E-state index contributed by atoms with van der Waals surface area (Å²) in [4.78, 5) is 27.6. The molecule has 10 heteroatoms. The molecule has 4 heterocycles. The van der Waals surface area contributed by atoms with Crippen molar-refractivity contribution < 1.29 is 13.6 Å². The standard InChI is InChI=1S/C23H22FN7O2/c1-13-20(33-14(2)26-13)22(32)27-17-4-5-19(24)18(10-17)21-28-23-25-11-16(12-31(23)29-21)15-6-8-30(3)9-7-15/h4-6,10-12H,7-9H2,1-3H3,(H,27,32). The third-order valence-electron chi connectivity index (χ3n) is 5.55. The second-order valence-corrected chi connectivity index (χ2v) is 8.06. The fourth-order valence-corrected chi connectivity index (χ4v) is 3.80. The number of amides is 1. The summed E-state index contributed by atoms with van der Waals surface area (Å²) in [6, 6.07) is 4.21. The van der Waals surface area contributed by atoms with Gasteiger partial charge in [0.1, 0.15) is 5.82 Å². The zero-order valence-corrected chi connectivity index (χ0v) is 18.5. The van der Waals surface area contributed by atoms with Gasteiger partial charge in [0, 0.05) is 43.7 Å². The number of oxazole rings is 1. The Balaban J connectivity index is 1.44. The monoisotopic (exact) mass is 447 g/mol. The smallest absolute Gasteiger partial charge is 0.293 e. The highest BCUT2D eigenvalue weighted by molar-refractivity contribution is 6.03. The number of rotatable bonds is 4. The molecule has 5 rings (SSSR count). The van der Waals surface area contributed by atoms with Crippen LogP contribution in [0.3, 0.4) is 0 Å². The number of benzene rings is 1. The number of carbonyl (C=O) groups excluding carboxylic acids is 1. The van der Waals surface area contributed by atoms with Crippen molar-refractivity contribution in [2.45, 2.75) is 20.3 Å². The van der Waals surface area contributed by atoms with Crippen LogP contribution in [-0.2, 0) is 0 Å². The van der Waals surface area contributed by atoms with Gasteiger partial charge >= 0.3 is 0 Å². The number of aromatic nitrogens is 5. The van der Waals surface area contributed by atoms with Gasteiger partial charge < -0.3 is 14.6 Å². The van der Waals surface area contributed by atoms with Crippen LogP contribution in [0.25, 0.3) is 22.7 Å². The highest BCUT2D eigenvalue weighted by Gasteiger charge is 2.19. The Kier molecular flexibility index (Phi) is 5.21. The number of nitrogens with one attached hydrogen (secondary N) is 1. The van der Waals surface area contributed by atoms with Gasteiger partial charge in [-0.05, 0) is 44.2 Å². The van der Waals surface area contributed by atoms with E-state index in [9.17, 15) is 9.18 Å². The summed E-state index contributed by atoms with van der Waals surface area (Å²) in [5, 5.41) is 7.14. The Morgan fingerprint density at radius 2 is 2.09 bits per heavy atom. The van der Waals surface area contributed by atoms with Crippen LogP contribution in [0.1, 0.15) is 34.1 Å². The minimum atomic E-state index is -0.506. The molecule has 0 radical (unpaired) electrons. The van der Waals surface area contributed by atoms with Crippen LogP contribution >= 0.6 is 0 Å². The van der Waals surface area contributed by atoms with Crippen LogP contribution in [0, 0.1) is 19.7 Å². The van der Waals surface area contributed by atoms with Crippen LogP contribution in [0.15, 0.2) is 41.1 Å². The fourth-order valence-electron chi connectivity index (χ4n) is 3.80. The number of aryl methyl sites for hydroxylation is 2. The number of fused-ring (bicyclic) bond motifs is 1. The number of hydrogen-bond donors (Lipinski definition) is 1. The van der Waals surface area contributed by atoms with Crippen molar-refractivity contribution in [1.29, 1.82) is 0 Å². The first-order valence-electron chi connectivity index (χ1n) is 10.5. The van der Waals surface area contributed by atoms with E-state index in [0.29, 0.717) is 23.0 Å². The van der Waals surface area contributed by atoms with Crippen molar-refractivity contribution in [1.82, 2.24) is 29.5 Å². The molecule has 168 valence electrons. The van der Waals surface area contributed by atoms with Crippen molar-refractivity contribution in [2.24, 2.45) is 0 Å². The van der Waals surface area contributed by atoms with E-state index in [1.807, 2.05) is 6.20 Å². The molecule has 33 heavy (non-hydrogen) atoms. The first-order valence-corrected chi connectivity index (χ1v) is 10.5. The molecule has 0 spiro atoms. The van der Waals surface area contributed by atoms with Crippen LogP contribution < -0.4 is 5.32 Å². The molecule has 3 aromatic heterocycles. The molecule has 9 nitrogen and oxygen atoms in total. The predicted octanol–water partition coefficient (Wildman–Crippen LogP) is 3.51. The van der Waals surface area contributed by atoms with E-state index in [1.165, 1.54) is 23.8 Å². The lowest BCUT2D eigenvalue weighted by molar-refractivity contribution is 0.0994. The molecule has 0 bridgehead atoms. The van der Waals surface area contributed by atoms with Crippen LogP contribution in [0.5, 0.6) is 0 Å². The van der Waals surface area contributed by atoms with E-state index in [2.05, 4.69) is 43.4 Å². The van der Waals surface area contributed by atoms with E-state index >= 15 is 0 Å². The molecule has 1 aliphatic rings. The van der Waals surface area contributed by atoms with Gasteiger partial charge in [-0.15, -0.1) is 5.10 Å². The second-order valence-electron chi connectivity index (χ2n) is 8.06. The summed E-state index contributed by atoms with van der Waals surface area (Å²) in [7, 11) is 2.08. The second kappa shape index (κ2) is 8.21. The van der Waals surface area contributed by atoms with Crippen molar-refractivity contribution >= 4 is 22.9 Å². The first kappa shape index (κ1) is 21.0. The number of hydrogen-bond acceptors (Lipinski definition) is 7. The molecule has 0 saturated carbocycles. The first-order chi connectivity index (χ1) is 15.9. The number of likely N-dealkylation sites (N-methyl/N-ethyl adjacent to an activating group) is 1. The van der Waals surface area contributed by atoms with Gasteiger partial charge in [0.05, 0.1) is 11.3 Å². The molecule has 0 saturated heterocycles. The Morgan fingerprint density at radius 3 is 2.82 bits per heavy atom. The largest absolute Gasteiger partial charge is 0.436 e. The van der Waals surface area contributed by atoms with E-state index < -0.39 is 11.7 Å². The van der Waals surface area contributed by atoms with Gasteiger partial charge in [-0.25, -0.2) is 18.9 Å². The van der Waals surface area contributed by atoms with E-state index in [4.69, 9.17) is 4.42 Å². The molecule has 1 N–H and O–H groups in total. The zero-order chi connectivity index (χ0) is 23.1. The van der Waals surface area contributed by atoms with Crippen LogP contribution in [0.4, 0.5) is 10.1 Å². The van der Waals surface area contributed by atoms with Gasteiger partial charge in [0.15, 0.2) is 11.7 Å². The van der Waals surface area contributed by atoms with Crippen LogP contribution in [0.2, 0.25) is 0 Å². The topological polar surface area (TPSA) is 101 Å². The van der Waals surface area contributed by atoms with Gasteiger partial charge in [-0.3, -0.25) is 4.79 Å². The average molecular weight is 447 g/mol. The minimum absolute atomic E-state index is 0.115. The third-order valence-corrected chi connectivity index (χ3v) is 5.55. The van der Waals surface area contributed by atoms with Crippen molar-refractivity contribution in [2.75, 3.05) is 25.5 Å². The molecule has 1 aliphatic heterocycles. The maximum absolute atomic E-state index is 14.7. The number of nitrogens with zero attached hydrogens (tertiary/aromatic N) is 6. The highest BCUT2D eigenvalue weighted by atomic mass is 19.1. The number of anilines is 1. The number of carbonyl (C=O) groups is 1. The molecule has 1 amide bonds. The van der Waals surface area contributed by atoms with Gasteiger partial charge in [0.2, 0.25) is 5.76 Å². The molecule has 0 aliphatic carbocycles. The van der Waals surface area contributed by atoms with E-state index in [0.717, 1.165) is 25.1 Å². The highest BCUT2D eigenvalue weighted by Crippen LogP contribution is 2.26. The Hall–Kier alpha value is -3.92. The zero-order valence-electron chi connectivity index (χ0n) is 18.5. The Morgan fingerprint density at radius 1 is 1.24 bits per heavy atom. The lowest BCUT2D eigenvalue weighted by atomic mass is 10.0. The third kappa shape index (κ3) is 4.12. The lowest BCUT2D eigenvalue weighted by Gasteiger charge is -2.21. The summed E-state index contributed by atoms with van der Waals surface area (Å²) < 4.78 is 21.6. The minimum Gasteiger partial charge on any atom is -0.436 e. The molecule has 0 atom stereocenters. The molecule has 0 fully saturated rings. The maximum Gasteiger partial charge on any atom is 0.293 e. The molecular formula is C23H22FN7O2. The number of halogens is 1. The van der Waals surface area contributed by atoms with E-state index in [-0.39, 0.29) is 17.1 Å². The molecular weight excluding hydrogens is 425 g/mol. The van der Waals surface area contributed by atoms with Crippen molar-refractivity contribution in [3.05, 3.63) is 65.4 Å². The predicted molar refractivity (Wildman–Crippen MR) is 120 cm³/mol. The van der Waals surface area contributed by atoms with Crippen LogP contribution in [-0.4, -0.2) is 55.5 Å². The van der Waals surface area contributed by atoms with Gasteiger partial charge in [0.25, 0.3) is 11.7 Å². The van der Waals surface area contributed by atoms with Gasteiger partial charge in [-0.1, -0.05) is 6.08 Å². The molecule has 4 aromatic rings. The van der Waals surface area contributed by atoms with E-state index in [1.54, 1.807) is 24.6 Å². The van der Waals surface area contributed by atoms with Crippen molar-refractivity contribution in [3.8, 4) is 11.4 Å². The SMILES string of the molecule is Cc1nc(C)c(C(=O)Nc2ccc(F)c(-c3nc4ncc(C5=CCN(C)CC5)cn4n3)c2)o1. The maximum atomic E-state index is 14.7. The quantitative estimate of drug-likeness (QED) is 0.511. The average Bonchev–Trinajstić information content (AvgIpc) is 3.37. The fraction of sp³-hybridized carbons (Fsp3) is 0.261. The van der Waals surface area contributed by atoms with Gasteiger partial charge in [-0.2, -0.15) is 4.98 Å². The Bertz CT molecular complexity index is 1410. The summed E-state index contributed by atoms with van der Waals surface area (Å²) in [6.07, 6.45) is 6.72. The normalized spacial score (nSPS) is 14.5. The molecule has 1 aromatic carbocycles. The summed E-state index contributed by atoms with van der Waals surface area (Å²) >= 11 is 0. The lowest BCUT2D eigenvalue weighted by Crippen LogP contribution is -2.23. The molecule has 0 unspecified atom stereocenters.